The summed E-state index contributed by atoms with van der Waals surface area (Å²) in [5, 5.41) is 2.89. The second kappa shape index (κ2) is 6.83. The standard InChI is InChI=1S/C12H12ClNO2S.ClH/c1-15-10-4-3-8(5-11(10)16-2)12-14-9(6-13)7-17-12;/h3-5,7H,6H2,1-2H3;1H. The van der Waals surface area contributed by atoms with Crippen molar-refractivity contribution in [2.45, 2.75) is 5.88 Å². The van der Waals surface area contributed by atoms with Gasteiger partial charge in [0.15, 0.2) is 11.5 Å². The second-order valence-electron chi connectivity index (χ2n) is 3.35. The van der Waals surface area contributed by atoms with Gasteiger partial charge in [-0.3, -0.25) is 0 Å². The van der Waals surface area contributed by atoms with Gasteiger partial charge in [0.1, 0.15) is 5.01 Å². The highest BCUT2D eigenvalue weighted by Crippen LogP contribution is 2.33. The van der Waals surface area contributed by atoms with Crippen molar-refractivity contribution in [2.75, 3.05) is 14.2 Å². The average molecular weight is 306 g/mol. The molecule has 0 aliphatic rings. The van der Waals surface area contributed by atoms with Gasteiger partial charge in [0.25, 0.3) is 0 Å². The molecular weight excluding hydrogens is 293 g/mol. The summed E-state index contributed by atoms with van der Waals surface area (Å²) in [6.45, 7) is 0. The van der Waals surface area contributed by atoms with Crippen LogP contribution in [0.1, 0.15) is 5.69 Å². The van der Waals surface area contributed by atoms with E-state index in [0.29, 0.717) is 17.4 Å². The molecule has 0 spiro atoms. The Balaban J connectivity index is 0.00000162. The van der Waals surface area contributed by atoms with Crippen LogP contribution < -0.4 is 9.47 Å². The smallest absolute Gasteiger partial charge is 0.161 e. The summed E-state index contributed by atoms with van der Waals surface area (Å²) >= 11 is 7.30. The molecule has 2 rings (SSSR count). The molecule has 3 nitrogen and oxygen atoms in total. The maximum Gasteiger partial charge on any atom is 0.161 e. The van der Waals surface area contributed by atoms with Crippen LogP contribution in [0.5, 0.6) is 11.5 Å². The highest BCUT2D eigenvalue weighted by atomic mass is 35.5. The Labute approximate surface area is 121 Å². The average Bonchev–Trinajstić information content (AvgIpc) is 2.86. The topological polar surface area (TPSA) is 31.4 Å². The van der Waals surface area contributed by atoms with Crippen LogP contribution in [-0.4, -0.2) is 19.2 Å². The van der Waals surface area contributed by atoms with Crippen molar-refractivity contribution in [3.05, 3.63) is 29.3 Å². The molecule has 1 aromatic carbocycles. The number of aromatic nitrogens is 1. The zero-order valence-corrected chi connectivity index (χ0v) is 12.4. The zero-order valence-electron chi connectivity index (χ0n) is 9.97. The molecule has 1 aromatic heterocycles. The molecule has 0 saturated carbocycles. The molecule has 0 bridgehead atoms. The van der Waals surface area contributed by atoms with Crippen molar-refractivity contribution >= 4 is 35.3 Å². The van der Waals surface area contributed by atoms with Crippen molar-refractivity contribution in [2.24, 2.45) is 0 Å². The Bertz CT molecular complexity index is 517. The van der Waals surface area contributed by atoms with Gasteiger partial charge in [-0.15, -0.1) is 35.3 Å². The van der Waals surface area contributed by atoms with Crippen LogP contribution in [-0.2, 0) is 5.88 Å². The number of nitrogens with zero attached hydrogens (tertiary/aromatic N) is 1. The number of halogens is 2. The van der Waals surface area contributed by atoms with Crippen LogP contribution in [0.15, 0.2) is 23.6 Å². The summed E-state index contributed by atoms with van der Waals surface area (Å²) in [6.07, 6.45) is 0. The van der Waals surface area contributed by atoms with E-state index in [1.54, 1.807) is 25.6 Å². The van der Waals surface area contributed by atoms with Crippen LogP contribution in [0, 0.1) is 0 Å². The lowest BCUT2D eigenvalue weighted by atomic mass is 10.2. The van der Waals surface area contributed by atoms with E-state index in [1.165, 1.54) is 0 Å². The normalized spacial score (nSPS) is 9.72. The SMILES string of the molecule is COc1ccc(-c2nc(CCl)cs2)cc1OC.Cl. The number of ether oxygens (including phenoxy) is 2. The van der Waals surface area contributed by atoms with Crippen LogP contribution in [0.25, 0.3) is 10.6 Å². The Morgan fingerprint density at radius 3 is 2.50 bits per heavy atom. The summed E-state index contributed by atoms with van der Waals surface area (Å²) < 4.78 is 10.4. The molecule has 6 heteroatoms. The first-order chi connectivity index (χ1) is 8.28. The summed E-state index contributed by atoms with van der Waals surface area (Å²) in [5.41, 5.74) is 1.89. The van der Waals surface area contributed by atoms with E-state index in [1.807, 2.05) is 23.6 Å². The molecule has 0 N–H and O–H groups in total. The number of hydrogen-bond donors (Lipinski definition) is 0. The van der Waals surface area contributed by atoms with Gasteiger partial charge in [-0.05, 0) is 18.2 Å². The third-order valence-corrected chi connectivity index (χ3v) is 3.53. The van der Waals surface area contributed by atoms with Crippen molar-refractivity contribution in [1.82, 2.24) is 4.98 Å². The van der Waals surface area contributed by atoms with E-state index in [9.17, 15) is 0 Å². The monoisotopic (exact) mass is 305 g/mol. The third-order valence-electron chi connectivity index (χ3n) is 2.32. The molecule has 0 unspecified atom stereocenters. The molecule has 0 saturated heterocycles. The molecule has 0 atom stereocenters. The van der Waals surface area contributed by atoms with Crippen LogP contribution in [0.3, 0.4) is 0 Å². The van der Waals surface area contributed by atoms with Gasteiger partial charge < -0.3 is 9.47 Å². The molecular formula is C12H13Cl2NO2S. The Morgan fingerprint density at radius 2 is 1.94 bits per heavy atom. The quantitative estimate of drug-likeness (QED) is 0.800. The van der Waals surface area contributed by atoms with E-state index >= 15 is 0 Å². The zero-order chi connectivity index (χ0) is 12.3. The number of thiazole rings is 1. The highest BCUT2D eigenvalue weighted by molar-refractivity contribution is 7.13. The van der Waals surface area contributed by atoms with Crippen LogP contribution >= 0.6 is 35.3 Å². The minimum atomic E-state index is 0. The first-order valence-corrected chi connectivity index (χ1v) is 6.42. The van der Waals surface area contributed by atoms with Gasteiger partial charge >= 0.3 is 0 Å². The van der Waals surface area contributed by atoms with Crippen molar-refractivity contribution in [1.29, 1.82) is 0 Å². The maximum atomic E-state index is 5.73. The Kier molecular flexibility index (Phi) is 5.72. The second-order valence-corrected chi connectivity index (χ2v) is 4.47. The molecule has 18 heavy (non-hydrogen) atoms. The predicted molar refractivity (Wildman–Crippen MR) is 77.5 cm³/mol. The van der Waals surface area contributed by atoms with Crippen molar-refractivity contribution < 1.29 is 9.47 Å². The first-order valence-electron chi connectivity index (χ1n) is 5.01. The molecule has 0 amide bonds. The predicted octanol–water partition coefficient (Wildman–Crippen LogP) is 3.99. The van der Waals surface area contributed by atoms with Gasteiger partial charge in [0.2, 0.25) is 0 Å². The van der Waals surface area contributed by atoms with Gasteiger partial charge in [0.05, 0.1) is 25.8 Å². The molecule has 98 valence electrons. The van der Waals surface area contributed by atoms with E-state index in [-0.39, 0.29) is 12.4 Å². The molecule has 0 aliphatic heterocycles. The minimum absolute atomic E-state index is 0. The van der Waals surface area contributed by atoms with Gasteiger partial charge in [-0.2, -0.15) is 0 Å². The Hall–Kier alpha value is -0.970. The lowest BCUT2D eigenvalue weighted by molar-refractivity contribution is 0.355. The first kappa shape index (κ1) is 15.1. The summed E-state index contributed by atoms with van der Waals surface area (Å²) in [7, 11) is 3.24. The van der Waals surface area contributed by atoms with E-state index in [4.69, 9.17) is 21.1 Å². The fraction of sp³-hybridized carbons (Fsp3) is 0.250. The fourth-order valence-electron chi connectivity index (χ4n) is 1.47. The van der Waals surface area contributed by atoms with Gasteiger partial charge in [-0.25, -0.2) is 4.98 Å². The highest BCUT2D eigenvalue weighted by Gasteiger charge is 2.09. The van der Waals surface area contributed by atoms with Gasteiger partial charge in [0, 0.05) is 10.9 Å². The molecule has 0 fully saturated rings. The van der Waals surface area contributed by atoms with E-state index in [2.05, 4.69) is 4.98 Å². The van der Waals surface area contributed by atoms with E-state index in [0.717, 1.165) is 16.3 Å². The lowest BCUT2D eigenvalue weighted by Gasteiger charge is -2.08. The lowest BCUT2D eigenvalue weighted by Crippen LogP contribution is -1.90. The molecule has 0 aliphatic carbocycles. The number of alkyl halides is 1. The van der Waals surface area contributed by atoms with Crippen LogP contribution in [0.4, 0.5) is 0 Å². The molecule has 2 aromatic rings. The number of benzene rings is 1. The molecule has 1 heterocycles. The summed E-state index contributed by atoms with van der Waals surface area (Å²) in [5.74, 6) is 1.85. The number of hydrogen-bond acceptors (Lipinski definition) is 4. The third kappa shape index (κ3) is 3.07. The maximum absolute atomic E-state index is 5.73. The minimum Gasteiger partial charge on any atom is -0.493 e. The number of methoxy groups -OCH3 is 2. The summed E-state index contributed by atoms with van der Waals surface area (Å²) in [4.78, 5) is 4.42. The molecule has 0 radical (unpaired) electrons. The number of rotatable bonds is 4. The summed E-state index contributed by atoms with van der Waals surface area (Å²) in [6, 6.07) is 5.74. The largest absolute Gasteiger partial charge is 0.493 e. The van der Waals surface area contributed by atoms with Crippen LogP contribution in [0.2, 0.25) is 0 Å². The van der Waals surface area contributed by atoms with E-state index < -0.39 is 0 Å². The fourth-order valence-corrected chi connectivity index (χ4v) is 2.52. The van der Waals surface area contributed by atoms with Gasteiger partial charge in [-0.1, -0.05) is 0 Å². The van der Waals surface area contributed by atoms with Crippen molar-refractivity contribution in [3.63, 3.8) is 0 Å². The Morgan fingerprint density at radius 1 is 1.22 bits per heavy atom. The van der Waals surface area contributed by atoms with Crippen molar-refractivity contribution in [3.8, 4) is 22.1 Å².